The summed E-state index contributed by atoms with van der Waals surface area (Å²) in [6.07, 6.45) is 2.09. The van der Waals surface area contributed by atoms with Crippen molar-refractivity contribution in [2.45, 2.75) is 75.1 Å². The summed E-state index contributed by atoms with van der Waals surface area (Å²) in [5.74, 6) is -3.17. The van der Waals surface area contributed by atoms with Crippen molar-refractivity contribution in [2.24, 2.45) is 5.92 Å². The van der Waals surface area contributed by atoms with Crippen LogP contribution in [0.25, 0.3) is 11.1 Å². The van der Waals surface area contributed by atoms with E-state index in [4.69, 9.17) is 4.74 Å². The van der Waals surface area contributed by atoms with Crippen LogP contribution in [0.15, 0.2) is 35.2 Å². The highest BCUT2D eigenvalue weighted by Gasteiger charge is 2.52. The Morgan fingerprint density at radius 3 is 2.46 bits per heavy atom. The number of nitrogens with one attached hydrogen (secondary N) is 1. The van der Waals surface area contributed by atoms with Crippen molar-refractivity contribution < 1.29 is 31.5 Å². The second-order valence-corrected chi connectivity index (χ2v) is 13.4. The Bertz CT molecular complexity index is 1590. The number of nitriles is 2. The second-order valence-electron chi connectivity index (χ2n) is 11.4. The Morgan fingerprint density at radius 1 is 1.15 bits per heavy atom. The number of carbonyl (C=O) groups excluding carboxylic acids is 2. The first-order valence-corrected chi connectivity index (χ1v) is 15.0. The number of sulfone groups is 1. The molecule has 1 heterocycles. The molecule has 1 aliphatic carbocycles. The van der Waals surface area contributed by atoms with Gasteiger partial charge in [0.05, 0.1) is 16.5 Å². The maximum atomic E-state index is 15.2. The van der Waals surface area contributed by atoms with Crippen LogP contribution in [0, 0.1) is 40.2 Å². The molecule has 2 fully saturated rings. The van der Waals surface area contributed by atoms with Gasteiger partial charge in [-0.25, -0.2) is 22.0 Å². The zero-order valence-corrected chi connectivity index (χ0v) is 23.9. The number of hydrogen-bond acceptors (Lipinski definition) is 7. The van der Waals surface area contributed by atoms with Crippen LogP contribution in [0.1, 0.15) is 51.2 Å². The van der Waals surface area contributed by atoms with Crippen molar-refractivity contribution in [2.75, 3.05) is 6.26 Å². The van der Waals surface area contributed by atoms with E-state index < -0.39 is 51.2 Å². The lowest BCUT2D eigenvalue weighted by molar-refractivity contribution is -0.128. The molecule has 1 aliphatic heterocycles. The molecule has 1 saturated carbocycles. The van der Waals surface area contributed by atoms with Gasteiger partial charge in [0, 0.05) is 24.3 Å². The molecule has 1 N–H and O–H groups in total. The summed E-state index contributed by atoms with van der Waals surface area (Å²) in [5, 5.41) is 21.5. The largest absolute Gasteiger partial charge is 0.444 e. The van der Waals surface area contributed by atoms with E-state index in [1.54, 1.807) is 26.8 Å². The zero-order chi connectivity index (χ0) is 30.3. The van der Waals surface area contributed by atoms with Gasteiger partial charge in [-0.2, -0.15) is 10.5 Å². The molecule has 216 valence electrons. The highest BCUT2D eigenvalue weighted by atomic mass is 32.2. The van der Waals surface area contributed by atoms with Crippen molar-refractivity contribution in [3.05, 3.63) is 53.1 Å². The zero-order valence-electron chi connectivity index (χ0n) is 23.1. The minimum Gasteiger partial charge on any atom is -0.444 e. The lowest BCUT2D eigenvalue weighted by atomic mass is 9.96. The number of likely N-dealkylation sites (tertiary alicyclic amines) is 1. The van der Waals surface area contributed by atoms with Crippen LogP contribution >= 0.6 is 0 Å². The predicted octanol–water partition coefficient (Wildman–Crippen LogP) is 4.25. The fraction of sp³-hybridized carbons (Fsp3) is 0.448. The minimum absolute atomic E-state index is 0.0519. The molecule has 2 amide bonds. The molecule has 0 radical (unpaired) electrons. The van der Waals surface area contributed by atoms with E-state index in [0.717, 1.165) is 25.2 Å². The molecule has 0 unspecified atom stereocenters. The smallest absolute Gasteiger partial charge is 0.411 e. The monoisotopic (exact) mass is 584 g/mol. The molecule has 4 atom stereocenters. The predicted molar refractivity (Wildman–Crippen MR) is 144 cm³/mol. The van der Waals surface area contributed by atoms with Gasteiger partial charge < -0.3 is 10.1 Å². The van der Waals surface area contributed by atoms with E-state index in [1.165, 1.54) is 29.2 Å². The molecular weight excluding hydrogens is 554 g/mol. The van der Waals surface area contributed by atoms with Gasteiger partial charge in [-0.1, -0.05) is 18.2 Å². The third kappa shape index (κ3) is 6.18. The van der Waals surface area contributed by atoms with Crippen molar-refractivity contribution in [3.8, 4) is 23.3 Å². The topological polar surface area (TPSA) is 140 Å². The molecule has 12 heteroatoms. The molecular formula is C29H30F2N4O5S. The number of rotatable bonds is 6. The molecule has 2 bridgehead atoms. The third-order valence-electron chi connectivity index (χ3n) is 7.33. The number of benzene rings is 2. The Kier molecular flexibility index (Phi) is 8.10. The SMILES string of the molecule is CC(C)(C)OC(=O)N1[C@@H]2CC[C@@H](C2)[C@H]1C(=O)N[C@H](C#N)Cc1ccc(-c2ccc(C#N)c(S(C)(=O)=O)c2)c(F)c1F. The third-order valence-corrected chi connectivity index (χ3v) is 8.47. The summed E-state index contributed by atoms with van der Waals surface area (Å²) in [5.41, 5.74) is -1.23. The van der Waals surface area contributed by atoms with E-state index in [0.29, 0.717) is 6.42 Å². The quantitative estimate of drug-likeness (QED) is 0.535. The minimum atomic E-state index is -3.81. The van der Waals surface area contributed by atoms with E-state index in [2.05, 4.69) is 5.32 Å². The Labute approximate surface area is 237 Å². The Balaban J connectivity index is 1.54. The van der Waals surface area contributed by atoms with Gasteiger partial charge >= 0.3 is 6.09 Å². The molecule has 2 aromatic carbocycles. The number of fused-ring (bicyclic) bond motifs is 2. The van der Waals surface area contributed by atoms with E-state index in [1.807, 2.05) is 6.07 Å². The maximum Gasteiger partial charge on any atom is 0.411 e. The molecule has 2 aliphatic rings. The van der Waals surface area contributed by atoms with Gasteiger partial charge in [-0.15, -0.1) is 0 Å². The standard InChI is InChI=1S/C29H30F2N4O5S/c1-29(2,3)40-28(37)35-21-9-7-18(12-21)26(35)27(36)34-20(15-33)11-17-8-10-22(25(31)24(17)30)16-5-6-19(14-32)23(13-16)41(4,38)39/h5-6,8,10,13,18,20-21,26H,7,9,11-12H2,1-4H3,(H,34,36)/t18-,20-,21+,26-/m0/s1. The summed E-state index contributed by atoms with van der Waals surface area (Å²) in [7, 11) is -3.81. The van der Waals surface area contributed by atoms with E-state index in [9.17, 15) is 28.5 Å². The van der Waals surface area contributed by atoms with Crippen LogP contribution < -0.4 is 5.32 Å². The Morgan fingerprint density at radius 2 is 1.85 bits per heavy atom. The number of hydrogen-bond donors (Lipinski definition) is 1. The molecule has 0 aromatic heterocycles. The average Bonchev–Trinajstić information content (AvgIpc) is 3.51. The number of nitrogens with zero attached hydrogens (tertiary/aromatic N) is 3. The Hall–Kier alpha value is -4.03. The fourth-order valence-corrected chi connectivity index (χ4v) is 6.42. The highest BCUT2D eigenvalue weighted by molar-refractivity contribution is 7.90. The summed E-state index contributed by atoms with van der Waals surface area (Å²) in [4.78, 5) is 27.3. The van der Waals surface area contributed by atoms with Gasteiger partial charge in [-0.05, 0) is 69.2 Å². The normalized spacial score (nSPS) is 20.7. The maximum absolute atomic E-state index is 15.2. The van der Waals surface area contributed by atoms with E-state index >= 15 is 8.78 Å². The molecule has 9 nitrogen and oxygen atoms in total. The van der Waals surface area contributed by atoms with Gasteiger partial charge in [-0.3, -0.25) is 9.69 Å². The average molecular weight is 585 g/mol. The van der Waals surface area contributed by atoms with Gasteiger partial charge in [0.15, 0.2) is 21.5 Å². The molecule has 2 aromatic rings. The van der Waals surface area contributed by atoms with Crippen LogP contribution in [-0.2, 0) is 25.8 Å². The first-order valence-electron chi connectivity index (χ1n) is 13.1. The molecule has 4 rings (SSSR count). The summed E-state index contributed by atoms with van der Waals surface area (Å²) >= 11 is 0. The molecule has 0 spiro atoms. The van der Waals surface area contributed by atoms with Crippen LogP contribution in [0.5, 0.6) is 0 Å². The fourth-order valence-electron chi connectivity index (χ4n) is 5.57. The van der Waals surface area contributed by atoms with Gasteiger partial charge in [0.25, 0.3) is 0 Å². The lowest BCUT2D eigenvalue weighted by Gasteiger charge is -2.35. The second kappa shape index (κ2) is 11.1. The van der Waals surface area contributed by atoms with Crippen LogP contribution in [-0.4, -0.2) is 55.3 Å². The van der Waals surface area contributed by atoms with Crippen molar-refractivity contribution in [3.63, 3.8) is 0 Å². The van der Waals surface area contributed by atoms with E-state index in [-0.39, 0.29) is 45.5 Å². The number of halogens is 2. The van der Waals surface area contributed by atoms with Crippen molar-refractivity contribution in [1.29, 1.82) is 10.5 Å². The molecule has 41 heavy (non-hydrogen) atoms. The van der Waals surface area contributed by atoms with Gasteiger partial charge in [0.1, 0.15) is 23.8 Å². The molecule has 1 saturated heterocycles. The van der Waals surface area contributed by atoms with Crippen LogP contribution in [0.4, 0.5) is 13.6 Å². The number of amides is 2. The van der Waals surface area contributed by atoms with Crippen LogP contribution in [0.3, 0.4) is 0 Å². The van der Waals surface area contributed by atoms with Gasteiger partial charge in [0.2, 0.25) is 5.91 Å². The number of ether oxygens (including phenoxy) is 1. The van der Waals surface area contributed by atoms with Crippen molar-refractivity contribution in [1.82, 2.24) is 10.2 Å². The van der Waals surface area contributed by atoms with Crippen molar-refractivity contribution >= 4 is 21.8 Å². The highest BCUT2D eigenvalue weighted by Crippen LogP contribution is 2.43. The number of piperidine rings is 1. The summed E-state index contributed by atoms with van der Waals surface area (Å²) < 4.78 is 60.0. The summed E-state index contributed by atoms with van der Waals surface area (Å²) in [6.45, 7) is 5.18. The first-order chi connectivity index (χ1) is 19.1. The summed E-state index contributed by atoms with van der Waals surface area (Å²) in [6, 6.07) is 7.63. The number of carbonyl (C=O) groups is 2. The first kappa shape index (κ1) is 29.9. The van der Waals surface area contributed by atoms with Crippen LogP contribution in [0.2, 0.25) is 0 Å². The lowest BCUT2D eigenvalue weighted by Crippen LogP contribution is -2.55.